The number of ether oxygens (including phenoxy) is 3. The van der Waals surface area contributed by atoms with Crippen LogP contribution < -0.4 is 10.4 Å². The third-order valence-electron chi connectivity index (χ3n) is 4.51. The maximum Gasteiger partial charge on any atom is 0.347 e. The predicted molar refractivity (Wildman–Crippen MR) is 110 cm³/mol. The van der Waals surface area contributed by atoms with Crippen molar-refractivity contribution in [3.8, 4) is 16.9 Å². The van der Waals surface area contributed by atoms with Gasteiger partial charge in [0.15, 0.2) is 6.10 Å². The first kappa shape index (κ1) is 20.6. The van der Waals surface area contributed by atoms with E-state index in [0.29, 0.717) is 30.1 Å². The van der Waals surface area contributed by atoms with E-state index >= 15 is 0 Å². The molecule has 0 aliphatic carbocycles. The van der Waals surface area contributed by atoms with Gasteiger partial charge in [-0.15, -0.1) is 0 Å². The second kappa shape index (κ2) is 9.39. The van der Waals surface area contributed by atoms with Gasteiger partial charge in [0.1, 0.15) is 17.9 Å². The van der Waals surface area contributed by atoms with Crippen molar-refractivity contribution in [1.29, 1.82) is 0 Å². The molecule has 152 valence electrons. The molecule has 0 saturated carbocycles. The summed E-state index contributed by atoms with van der Waals surface area (Å²) in [4.78, 5) is 24.3. The molecule has 6 heteroatoms. The third-order valence-corrected chi connectivity index (χ3v) is 4.51. The van der Waals surface area contributed by atoms with Crippen molar-refractivity contribution in [2.45, 2.75) is 26.9 Å². The molecule has 6 nitrogen and oxygen atoms in total. The average Bonchev–Trinajstić information content (AvgIpc) is 2.73. The van der Waals surface area contributed by atoms with E-state index < -0.39 is 17.7 Å². The number of benzene rings is 2. The van der Waals surface area contributed by atoms with Crippen molar-refractivity contribution in [2.75, 3.05) is 19.8 Å². The molecule has 3 rings (SSSR count). The average molecular weight is 396 g/mol. The Kier molecular flexibility index (Phi) is 6.67. The van der Waals surface area contributed by atoms with Crippen LogP contribution in [0, 0.1) is 6.92 Å². The molecule has 29 heavy (non-hydrogen) atoms. The molecule has 2 aromatic carbocycles. The molecule has 1 heterocycles. The van der Waals surface area contributed by atoms with Crippen molar-refractivity contribution in [2.24, 2.45) is 0 Å². The summed E-state index contributed by atoms with van der Waals surface area (Å²) in [7, 11) is 0. The molecule has 1 unspecified atom stereocenters. The maximum atomic E-state index is 12.1. The Balaban J connectivity index is 1.87. The van der Waals surface area contributed by atoms with Crippen LogP contribution in [0.2, 0.25) is 0 Å². The Morgan fingerprint density at radius 1 is 1.10 bits per heavy atom. The van der Waals surface area contributed by atoms with Gasteiger partial charge in [-0.25, -0.2) is 9.59 Å². The molecular formula is C23H24O6. The molecular weight excluding hydrogens is 372 g/mol. The molecule has 0 amide bonds. The molecule has 3 aromatic rings. The Hall–Kier alpha value is -3.12. The number of hydrogen-bond donors (Lipinski definition) is 0. The highest BCUT2D eigenvalue weighted by Crippen LogP contribution is 2.33. The number of esters is 1. The summed E-state index contributed by atoms with van der Waals surface area (Å²) in [5, 5.41) is 0.799. The second-order valence-electron chi connectivity index (χ2n) is 6.54. The summed E-state index contributed by atoms with van der Waals surface area (Å²) in [6.07, 6.45) is -0.809. The minimum Gasteiger partial charge on any atom is -0.479 e. The van der Waals surface area contributed by atoms with Gasteiger partial charge < -0.3 is 18.6 Å². The van der Waals surface area contributed by atoms with E-state index in [1.165, 1.54) is 6.07 Å². The SMILES string of the molecule is CCOCCOC(=O)C(C)Oc1ccc2c(-c3ccccc3)cc(=O)oc2c1C. The summed E-state index contributed by atoms with van der Waals surface area (Å²) in [5.74, 6) is -0.0243. The molecule has 0 N–H and O–H groups in total. The van der Waals surface area contributed by atoms with Crippen molar-refractivity contribution >= 4 is 16.9 Å². The lowest BCUT2D eigenvalue weighted by molar-refractivity contribution is -0.152. The van der Waals surface area contributed by atoms with Crippen molar-refractivity contribution in [1.82, 2.24) is 0 Å². The highest BCUT2D eigenvalue weighted by Gasteiger charge is 2.19. The Labute approximate surface area is 169 Å². The summed E-state index contributed by atoms with van der Waals surface area (Å²) < 4.78 is 21.5. The molecule has 0 aliphatic heterocycles. The van der Waals surface area contributed by atoms with Crippen LogP contribution in [-0.2, 0) is 14.3 Å². The lowest BCUT2D eigenvalue weighted by atomic mass is 10.00. The smallest absolute Gasteiger partial charge is 0.347 e. The normalized spacial score (nSPS) is 12.0. The van der Waals surface area contributed by atoms with E-state index in [1.54, 1.807) is 19.9 Å². The molecule has 0 fully saturated rings. The summed E-state index contributed by atoms with van der Waals surface area (Å²) in [5.41, 5.74) is 2.34. The van der Waals surface area contributed by atoms with Crippen LogP contribution in [-0.4, -0.2) is 31.9 Å². The van der Waals surface area contributed by atoms with Crippen molar-refractivity contribution in [3.63, 3.8) is 0 Å². The van der Waals surface area contributed by atoms with E-state index in [4.69, 9.17) is 18.6 Å². The van der Waals surface area contributed by atoms with Crippen LogP contribution in [0.25, 0.3) is 22.1 Å². The van der Waals surface area contributed by atoms with Gasteiger partial charge in [-0.3, -0.25) is 0 Å². The van der Waals surface area contributed by atoms with Crippen LogP contribution in [0.4, 0.5) is 0 Å². The number of rotatable bonds is 8. The van der Waals surface area contributed by atoms with E-state index in [0.717, 1.165) is 16.5 Å². The van der Waals surface area contributed by atoms with Crippen LogP contribution in [0.5, 0.6) is 5.75 Å². The summed E-state index contributed by atoms with van der Waals surface area (Å²) in [6, 6.07) is 14.7. The van der Waals surface area contributed by atoms with Gasteiger partial charge in [0.05, 0.1) is 6.61 Å². The fourth-order valence-electron chi connectivity index (χ4n) is 3.03. The number of hydrogen-bond acceptors (Lipinski definition) is 6. The van der Waals surface area contributed by atoms with Gasteiger partial charge in [-0.2, -0.15) is 0 Å². The lowest BCUT2D eigenvalue weighted by Gasteiger charge is -2.17. The molecule has 0 radical (unpaired) electrons. The maximum absolute atomic E-state index is 12.1. The standard InChI is InChI=1S/C23H24O6/c1-4-26-12-13-27-23(25)16(3)28-20-11-10-18-19(17-8-6-5-7-9-17)14-21(24)29-22(18)15(20)2/h5-11,14,16H,4,12-13H2,1-3H3. The van der Waals surface area contributed by atoms with Gasteiger partial charge >= 0.3 is 11.6 Å². The number of carbonyl (C=O) groups is 1. The first-order valence-corrected chi connectivity index (χ1v) is 9.55. The highest BCUT2D eigenvalue weighted by molar-refractivity contribution is 5.95. The van der Waals surface area contributed by atoms with Gasteiger partial charge in [0.25, 0.3) is 0 Å². The quantitative estimate of drug-likeness (QED) is 0.324. The summed E-state index contributed by atoms with van der Waals surface area (Å²) >= 11 is 0. The minimum absolute atomic E-state index is 0.173. The monoisotopic (exact) mass is 396 g/mol. The second-order valence-corrected chi connectivity index (χ2v) is 6.54. The van der Waals surface area contributed by atoms with Crippen LogP contribution in [0.15, 0.2) is 57.7 Å². The zero-order valence-corrected chi connectivity index (χ0v) is 16.8. The lowest BCUT2D eigenvalue weighted by Crippen LogP contribution is -2.27. The number of carbonyl (C=O) groups excluding carboxylic acids is 1. The largest absolute Gasteiger partial charge is 0.479 e. The van der Waals surface area contributed by atoms with Gasteiger partial charge in [-0.1, -0.05) is 30.3 Å². The van der Waals surface area contributed by atoms with Crippen LogP contribution in [0.3, 0.4) is 0 Å². The van der Waals surface area contributed by atoms with Crippen molar-refractivity contribution in [3.05, 3.63) is 64.5 Å². The first-order chi connectivity index (χ1) is 14.0. The highest BCUT2D eigenvalue weighted by atomic mass is 16.6. The molecule has 1 atom stereocenters. The van der Waals surface area contributed by atoms with Crippen molar-refractivity contribution < 1.29 is 23.4 Å². The molecule has 1 aromatic heterocycles. The number of fused-ring (bicyclic) bond motifs is 1. The third kappa shape index (κ3) is 4.84. The fourth-order valence-corrected chi connectivity index (χ4v) is 3.03. The van der Waals surface area contributed by atoms with Crippen LogP contribution in [0.1, 0.15) is 19.4 Å². The summed E-state index contributed by atoms with van der Waals surface area (Å²) in [6.45, 7) is 6.36. The van der Waals surface area contributed by atoms with E-state index in [2.05, 4.69) is 0 Å². The van der Waals surface area contributed by atoms with Gasteiger partial charge in [0, 0.05) is 23.6 Å². The van der Waals surface area contributed by atoms with E-state index in [9.17, 15) is 9.59 Å². The number of aryl methyl sites for hydroxylation is 1. The van der Waals surface area contributed by atoms with Crippen LogP contribution >= 0.6 is 0 Å². The first-order valence-electron chi connectivity index (χ1n) is 9.55. The Morgan fingerprint density at radius 3 is 2.59 bits per heavy atom. The fraction of sp³-hybridized carbons (Fsp3) is 0.304. The minimum atomic E-state index is -0.809. The zero-order valence-electron chi connectivity index (χ0n) is 16.8. The molecule has 0 spiro atoms. The van der Waals surface area contributed by atoms with E-state index in [-0.39, 0.29) is 6.61 Å². The molecule has 0 saturated heterocycles. The van der Waals surface area contributed by atoms with Gasteiger partial charge in [0.2, 0.25) is 0 Å². The van der Waals surface area contributed by atoms with E-state index in [1.807, 2.05) is 43.3 Å². The predicted octanol–water partition coefficient (Wildman–Crippen LogP) is 4.12. The Bertz CT molecular complexity index is 1040. The zero-order chi connectivity index (χ0) is 20.8. The molecule has 0 bridgehead atoms. The van der Waals surface area contributed by atoms with Gasteiger partial charge in [-0.05, 0) is 44.0 Å². The Morgan fingerprint density at radius 2 is 1.86 bits per heavy atom. The topological polar surface area (TPSA) is 75.0 Å². The molecule has 0 aliphatic rings.